The number of benzene rings is 2. The van der Waals surface area contributed by atoms with Crippen molar-refractivity contribution in [2.24, 2.45) is 0 Å². The number of aromatic nitrogens is 4. The Morgan fingerprint density at radius 2 is 1.79 bits per heavy atom. The number of fused-ring (bicyclic) bond motifs is 1. The van der Waals surface area contributed by atoms with Gasteiger partial charge in [0.25, 0.3) is 0 Å². The number of carbonyl (C=O) groups is 1. The summed E-state index contributed by atoms with van der Waals surface area (Å²) in [7, 11) is 0. The molecule has 0 amide bonds. The molecule has 0 unspecified atom stereocenters. The lowest BCUT2D eigenvalue weighted by Crippen LogP contribution is -2.07. The first-order valence-electron chi connectivity index (χ1n) is 8.48. The Labute approximate surface area is 167 Å². The first-order chi connectivity index (χ1) is 13.8. The van der Waals surface area contributed by atoms with Crippen molar-refractivity contribution in [1.29, 1.82) is 0 Å². The van der Waals surface area contributed by atoms with Crippen LogP contribution < -0.4 is 0 Å². The van der Waals surface area contributed by atoms with Gasteiger partial charge in [-0.05, 0) is 43.3 Å². The molecule has 0 spiro atoms. The summed E-state index contributed by atoms with van der Waals surface area (Å²) >= 11 is 5.89. The fraction of sp³-hybridized carbons (Fsp3) is 0.100. The molecule has 4 aromatic rings. The highest BCUT2D eigenvalue weighted by Crippen LogP contribution is 2.26. The monoisotopic (exact) mass is 416 g/mol. The van der Waals surface area contributed by atoms with Crippen molar-refractivity contribution in [2.45, 2.75) is 13.5 Å². The molecule has 2 aromatic carbocycles. The first kappa shape index (κ1) is 19.1. The number of carbonyl (C=O) groups excluding carboxylic acids is 1. The van der Waals surface area contributed by atoms with Gasteiger partial charge in [-0.1, -0.05) is 22.9 Å². The molecule has 0 radical (unpaired) electrons. The van der Waals surface area contributed by atoms with Crippen molar-refractivity contribution in [2.75, 3.05) is 0 Å². The van der Waals surface area contributed by atoms with Crippen LogP contribution >= 0.6 is 11.6 Å². The molecular formula is C20H12ClF3N4O. The molecule has 4 rings (SSSR count). The van der Waals surface area contributed by atoms with Crippen LogP contribution in [0.1, 0.15) is 22.8 Å². The van der Waals surface area contributed by atoms with Gasteiger partial charge in [0.2, 0.25) is 0 Å². The summed E-state index contributed by atoms with van der Waals surface area (Å²) in [6, 6.07) is 9.34. The molecule has 5 nitrogen and oxygen atoms in total. The van der Waals surface area contributed by atoms with Crippen LogP contribution in [0.5, 0.6) is 0 Å². The molecule has 0 saturated heterocycles. The van der Waals surface area contributed by atoms with Gasteiger partial charge in [-0.15, -0.1) is 5.10 Å². The number of nitrogens with zero attached hydrogens (tertiary/aromatic N) is 4. The van der Waals surface area contributed by atoms with Crippen LogP contribution in [0.2, 0.25) is 5.02 Å². The van der Waals surface area contributed by atoms with Gasteiger partial charge < -0.3 is 0 Å². The van der Waals surface area contributed by atoms with E-state index in [0.717, 1.165) is 12.1 Å². The highest BCUT2D eigenvalue weighted by Gasteiger charge is 2.16. The Hall–Kier alpha value is -3.26. The Morgan fingerprint density at radius 1 is 1.03 bits per heavy atom. The number of halogens is 4. The van der Waals surface area contributed by atoms with Gasteiger partial charge in [0.1, 0.15) is 23.0 Å². The summed E-state index contributed by atoms with van der Waals surface area (Å²) in [4.78, 5) is 15.8. The van der Waals surface area contributed by atoms with Gasteiger partial charge in [-0.2, -0.15) is 0 Å². The minimum atomic E-state index is -0.748. The zero-order valence-corrected chi connectivity index (χ0v) is 15.7. The van der Waals surface area contributed by atoms with E-state index in [-0.39, 0.29) is 28.5 Å². The van der Waals surface area contributed by atoms with Crippen LogP contribution in [0.25, 0.3) is 22.4 Å². The van der Waals surface area contributed by atoms with Crippen molar-refractivity contribution in [1.82, 2.24) is 20.0 Å². The Balaban J connectivity index is 1.77. The fourth-order valence-electron chi connectivity index (χ4n) is 2.94. The molecule has 0 bridgehead atoms. The Bertz CT molecular complexity index is 1270. The second-order valence-electron chi connectivity index (χ2n) is 6.36. The van der Waals surface area contributed by atoms with Crippen molar-refractivity contribution in [3.63, 3.8) is 0 Å². The average molecular weight is 417 g/mol. The van der Waals surface area contributed by atoms with Crippen LogP contribution in [0, 0.1) is 17.5 Å². The van der Waals surface area contributed by atoms with Crippen LogP contribution in [0.3, 0.4) is 0 Å². The number of pyridine rings is 1. The topological polar surface area (TPSA) is 60.7 Å². The van der Waals surface area contributed by atoms with E-state index in [2.05, 4.69) is 15.3 Å². The SMILES string of the molecule is CC(=O)c1ccc(-c2ccc3nnn(Cc4c(F)ccc(F)c4Cl)c3n2)cc1F. The molecule has 0 N–H and O–H groups in total. The van der Waals surface area contributed by atoms with Gasteiger partial charge in [0.05, 0.1) is 22.8 Å². The van der Waals surface area contributed by atoms with E-state index in [1.807, 2.05) is 0 Å². The van der Waals surface area contributed by atoms with Crippen molar-refractivity contribution in [3.05, 3.63) is 76.1 Å². The maximum atomic E-state index is 14.2. The van der Waals surface area contributed by atoms with E-state index >= 15 is 0 Å². The summed E-state index contributed by atoms with van der Waals surface area (Å²) in [6.45, 7) is 1.09. The quantitative estimate of drug-likeness (QED) is 0.353. The van der Waals surface area contributed by atoms with Gasteiger partial charge >= 0.3 is 0 Å². The molecule has 0 aliphatic rings. The molecule has 29 heavy (non-hydrogen) atoms. The van der Waals surface area contributed by atoms with E-state index in [0.29, 0.717) is 22.4 Å². The van der Waals surface area contributed by atoms with E-state index in [1.165, 1.54) is 23.7 Å². The third-order valence-corrected chi connectivity index (χ3v) is 4.86. The molecule has 9 heteroatoms. The van der Waals surface area contributed by atoms with E-state index < -0.39 is 17.5 Å². The molecule has 2 aromatic heterocycles. The minimum Gasteiger partial charge on any atom is -0.294 e. The van der Waals surface area contributed by atoms with Crippen LogP contribution in [0.15, 0.2) is 42.5 Å². The lowest BCUT2D eigenvalue weighted by molar-refractivity contribution is 0.101. The van der Waals surface area contributed by atoms with Crippen molar-refractivity contribution >= 4 is 28.5 Å². The number of ketones is 1. The van der Waals surface area contributed by atoms with E-state index in [1.54, 1.807) is 18.2 Å². The third-order valence-electron chi connectivity index (χ3n) is 4.45. The Kier molecular flexibility index (Phi) is 4.79. The Morgan fingerprint density at radius 3 is 2.52 bits per heavy atom. The third kappa shape index (κ3) is 3.47. The van der Waals surface area contributed by atoms with Gasteiger partial charge in [-0.25, -0.2) is 22.8 Å². The first-order valence-corrected chi connectivity index (χ1v) is 8.86. The molecule has 2 heterocycles. The summed E-state index contributed by atoms with van der Waals surface area (Å²) in [5.74, 6) is -2.47. The molecule has 0 fully saturated rings. The zero-order valence-electron chi connectivity index (χ0n) is 15.0. The second-order valence-corrected chi connectivity index (χ2v) is 6.74. The van der Waals surface area contributed by atoms with Crippen molar-refractivity contribution < 1.29 is 18.0 Å². The predicted molar refractivity (Wildman–Crippen MR) is 101 cm³/mol. The molecule has 0 atom stereocenters. The van der Waals surface area contributed by atoms with Crippen molar-refractivity contribution in [3.8, 4) is 11.3 Å². The smallest absolute Gasteiger partial charge is 0.179 e. The molecular weight excluding hydrogens is 405 g/mol. The highest BCUT2D eigenvalue weighted by atomic mass is 35.5. The summed E-state index contributed by atoms with van der Waals surface area (Å²) < 4.78 is 43.3. The van der Waals surface area contributed by atoms with E-state index in [9.17, 15) is 18.0 Å². The number of hydrogen-bond donors (Lipinski definition) is 0. The molecule has 0 aliphatic heterocycles. The summed E-state index contributed by atoms with van der Waals surface area (Å²) in [5, 5.41) is 7.55. The van der Waals surface area contributed by atoms with Gasteiger partial charge in [0, 0.05) is 11.1 Å². The molecule has 146 valence electrons. The van der Waals surface area contributed by atoms with Gasteiger partial charge in [0.15, 0.2) is 11.4 Å². The number of Topliss-reactive ketones (excluding diaryl/α,β-unsaturated/α-hetero) is 1. The molecule has 0 saturated carbocycles. The minimum absolute atomic E-state index is 0.0160. The van der Waals surface area contributed by atoms with Crippen LogP contribution in [-0.2, 0) is 6.54 Å². The lowest BCUT2D eigenvalue weighted by Gasteiger charge is -2.08. The summed E-state index contributed by atoms with van der Waals surface area (Å²) in [6.07, 6.45) is 0. The summed E-state index contributed by atoms with van der Waals surface area (Å²) in [5.41, 5.74) is 1.46. The largest absolute Gasteiger partial charge is 0.294 e. The molecule has 0 aliphatic carbocycles. The highest BCUT2D eigenvalue weighted by molar-refractivity contribution is 6.31. The zero-order chi connectivity index (χ0) is 20.7. The van der Waals surface area contributed by atoms with Crippen LogP contribution in [-0.4, -0.2) is 25.8 Å². The lowest BCUT2D eigenvalue weighted by atomic mass is 10.1. The van der Waals surface area contributed by atoms with Crippen LogP contribution in [0.4, 0.5) is 13.2 Å². The number of hydrogen-bond acceptors (Lipinski definition) is 4. The maximum absolute atomic E-state index is 14.2. The fourth-order valence-corrected chi connectivity index (χ4v) is 3.16. The predicted octanol–water partition coefficient (Wildman–Crippen LogP) is 4.81. The standard InChI is InChI=1S/C20H12ClF3N4O/c1-10(29)12-3-2-11(8-16(12)24)17-6-7-18-20(25-17)28(27-26-18)9-13-14(22)4-5-15(23)19(13)21/h2-8H,9H2,1H3. The second kappa shape index (κ2) is 7.29. The average Bonchev–Trinajstić information content (AvgIpc) is 3.10. The van der Waals surface area contributed by atoms with Gasteiger partial charge in [-0.3, -0.25) is 4.79 Å². The normalized spacial score (nSPS) is 11.2. The maximum Gasteiger partial charge on any atom is 0.179 e. The number of rotatable bonds is 4. The van der Waals surface area contributed by atoms with E-state index in [4.69, 9.17) is 11.6 Å².